The van der Waals surface area contributed by atoms with Crippen molar-refractivity contribution in [3.63, 3.8) is 0 Å². The normalized spacial score (nSPS) is 11.3. The average Bonchev–Trinajstić information content (AvgIpc) is 3.08. The second-order valence-electron chi connectivity index (χ2n) is 5.35. The van der Waals surface area contributed by atoms with Gasteiger partial charge in [-0.25, -0.2) is 9.37 Å². The van der Waals surface area contributed by atoms with Crippen molar-refractivity contribution in [3.05, 3.63) is 60.0 Å². The molecular weight excluding hydrogens is 283 g/mol. The quantitative estimate of drug-likeness (QED) is 0.727. The predicted octanol–water partition coefficient (Wildman–Crippen LogP) is 2.85. The van der Waals surface area contributed by atoms with Gasteiger partial charge in [0.1, 0.15) is 12.1 Å². The van der Waals surface area contributed by atoms with Crippen LogP contribution >= 0.6 is 0 Å². The van der Waals surface area contributed by atoms with Crippen LogP contribution in [-0.2, 0) is 20.1 Å². The van der Waals surface area contributed by atoms with Gasteiger partial charge in [-0.2, -0.15) is 5.10 Å². The molecule has 0 spiro atoms. The molecule has 0 aliphatic heterocycles. The summed E-state index contributed by atoms with van der Waals surface area (Å²) in [6.07, 6.45) is 5.44. The highest BCUT2D eigenvalue weighted by atomic mass is 19.1. The molecule has 0 bridgehead atoms. The molecule has 3 aromatic rings. The molecule has 0 aliphatic carbocycles. The van der Waals surface area contributed by atoms with E-state index in [-0.39, 0.29) is 5.82 Å². The molecule has 22 heavy (non-hydrogen) atoms. The van der Waals surface area contributed by atoms with Gasteiger partial charge in [0, 0.05) is 37.5 Å². The van der Waals surface area contributed by atoms with Crippen molar-refractivity contribution in [1.29, 1.82) is 0 Å². The van der Waals surface area contributed by atoms with Crippen LogP contribution in [0.2, 0.25) is 0 Å². The molecular formula is C16H17FN4O. The number of aryl methyl sites for hydroxylation is 1. The third-order valence-corrected chi connectivity index (χ3v) is 3.27. The van der Waals surface area contributed by atoms with Crippen molar-refractivity contribution >= 4 is 0 Å². The lowest BCUT2D eigenvalue weighted by Gasteiger charge is -2.13. The molecule has 3 rings (SSSR count). The molecule has 0 aliphatic rings. The highest BCUT2D eigenvalue weighted by molar-refractivity contribution is 5.52. The van der Waals surface area contributed by atoms with E-state index >= 15 is 0 Å². The third-order valence-electron chi connectivity index (χ3n) is 3.27. The number of halogens is 1. The Labute approximate surface area is 128 Å². The Bertz CT molecular complexity index is 765. The van der Waals surface area contributed by atoms with Crippen molar-refractivity contribution in [2.75, 3.05) is 7.05 Å². The maximum atomic E-state index is 13.2. The minimum absolute atomic E-state index is 0.300. The Morgan fingerprint density at radius 3 is 2.91 bits per heavy atom. The number of oxazole rings is 1. The summed E-state index contributed by atoms with van der Waals surface area (Å²) in [5, 5.41) is 4.15. The first-order valence-electron chi connectivity index (χ1n) is 6.96. The molecule has 2 heterocycles. The van der Waals surface area contributed by atoms with E-state index in [1.54, 1.807) is 23.1 Å². The van der Waals surface area contributed by atoms with Crippen molar-refractivity contribution in [2.24, 2.45) is 7.05 Å². The molecule has 0 atom stereocenters. The largest absolute Gasteiger partial charge is 0.444 e. The summed E-state index contributed by atoms with van der Waals surface area (Å²) < 4.78 is 20.4. The van der Waals surface area contributed by atoms with Gasteiger partial charge in [0.2, 0.25) is 5.89 Å². The Balaban J connectivity index is 1.66. The van der Waals surface area contributed by atoms with Crippen LogP contribution in [0.3, 0.4) is 0 Å². The van der Waals surface area contributed by atoms with Crippen molar-refractivity contribution in [3.8, 4) is 11.5 Å². The molecule has 0 radical (unpaired) electrons. The highest BCUT2D eigenvalue weighted by Crippen LogP contribution is 2.20. The third kappa shape index (κ3) is 3.40. The van der Waals surface area contributed by atoms with Crippen LogP contribution in [0.5, 0.6) is 0 Å². The van der Waals surface area contributed by atoms with Crippen LogP contribution in [0.25, 0.3) is 11.5 Å². The lowest BCUT2D eigenvalue weighted by atomic mass is 10.2. The Hall–Kier alpha value is -2.47. The van der Waals surface area contributed by atoms with Gasteiger partial charge in [0.25, 0.3) is 0 Å². The van der Waals surface area contributed by atoms with Crippen LogP contribution in [0.1, 0.15) is 11.3 Å². The van der Waals surface area contributed by atoms with Gasteiger partial charge in [-0.3, -0.25) is 9.58 Å². The van der Waals surface area contributed by atoms with E-state index in [1.165, 1.54) is 12.1 Å². The molecule has 6 heteroatoms. The van der Waals surface area contributed by atoms with Crippen LogP contribution in [0.4, 0.5) is 4.39 Å². The van der Waals surface area contributed by atoms with E-state index < -0.39 is 0 Å². The van der Waals surface area contributed by atoms with Crippen LogP contribution in [0, 0.1) is 5.82 Å². The zero-order valence-corrected chi connectivity index (χ0v) is 12.5. The molecule has 5 nitrogen and oxygen atoms in total. The van der Waals surface area contributed by atoms with Crippen LogP contribution in [-0.4, -0.2) is 26.7 Å². The van der Waals surface area contributed by atoms with Crippen molar-refractivity contribution in [1.82, 2.24) is 19.7 Å². The van der Waals surface area contributed by atoms with E-state index in [4.69, 9.17) is 4.42 Å². The summed E-state index contributed by atoms with van der Waals surface area (Å²) in [6, 6.07) is 6.23. The zero-order chi connectivity index (χ0) is 15.5. The molecule has 1 aromatic carbocycles. The minimum Gasteiger partial charge on any atom is -0.444 e. The van der Waals surface area contributed by atoms with E-state index in [0.29, 0.717) is 18.0 Å². The lowest BCUT2D eigenvalue weighted by molar-refractivity contribution is 0.314. The topological polar surface area (TPSA) is 47.1 Å². The Morgan fingerprint density at radius 2 is 2.18 bits per heavy atom. The standard InChI is InChI=1S/C16H17FN4O/c1-20(8-12-7-18-21(2)9-12)10-15-11-22-16(19-15)13-4-3-5-14(17)6-13/h3-7,9,11H,8,10H2,1-2H3. The van der Waals surface area contributed by atoms with Crippen molar-refractivity contribution in [2.45, 2.75) is 13.1 Å². The second kappa shape index (κ2) is 6.11. The monoisotopic (exact) mass is 300 g/mol. The zero-order valence-electron chi connectivity index (χ0n) is 12.5. The van der Waals surface area contributed by atoms with E-state index in [2.05, 4.69) is 15.0 Å². The summed E-state index contributed by atoms with van der Waals surface area (Å²) in [5.74, 6) is 0.134. The first-order chi connectivity index (χ1) is 10.6. The predicted molar refractivity (Wildman–Crippen MR) is 80.3 cm³/mol. The summed E-state index contributed by atoms with van der Waals surface area (Å²) in [5.41, 5.74) is 2.59. The molecule has 0 N–H and O–H groups in total. The van der Waals surface area contributed by atoms with Crippen molar-refractivity contribution < 1.29 is 8.81 Å². The van der Waals surface area contributed by atoms with E-state index in [9.17, 15) is 4.39 Å². The molecule has 0 fully saturated rings. The van der Waals surface area contributed by atoms with Gasteiger partial charge >= 0.3 is 0 Å². The summed E-state index contributed by atoms with van der Waals surface area (Å²) in [4.78, 5) is 6.53. The fraction of sp³-hybridized carbons (Fsp3) is 0.250. The van der Waals surface area contributed by atoms with Crippen LogP contribution < -0.4 is 0 Å². The molecule has 2 aromatic heterocycles. The van der Waals surface area contributed by atoms with Gasteiger partial charge in [0.15, 0.2) is 0 Å². The molecule has 0 unspecified atom stereocenters. The number of hydrogen-bond acceptors (Lipinski definition) is 4. The van der Waals surface area contributed by atoms with Gasteiger partial charge in [-0.1, -0.05) is 6.07 Å². The molecule has 0 amide bonds. The Morgan fingerprint density at radius 1 is 1.32 bits per heavy atom. The first kappa shape index (κ1) is 14.5. The fourth-order valence-corrected chi connectivity index (χ4v) is 2.33. The SMILES string of the molecule is CN(Cc1cnn(C)c1)Cc1coc(-c2cccc(F)c2)n1. The van der Waals surface area contributed by atoms with E-state index in [1.807, 2.05) is 26.5 Å². The summed E-state index contributed by atoms with van der Waals surface area (Å²) >= 11 is 0. The van der Waals surface area contributed by atoms with Gasteiger partial charge in [-0.05, 0) is 25.2 Å². The molecule has 0 saturated carbocycles. The summed E-state index contributed by atoms with van der Waals surface area (Å²) in [7, 11) is 3.90. The molecule has 114 valence electrons. The maximum Gasteiger partial charge on any atom is 0.226 e. The van der Waals surface area contributed by atoms with Crippen LogP contribution in [0.15, 0.2) is 47.3 Å². The number of hydrogen-bond donors (Lipinski definition) is 0. The number of benzene rings is 1. The first-order valence-corrected chi connectivity index (χ1v) is 6.96. The smallest absolute Gasteiger partial charge is 0.226 e. The minimum atomic E-state index is -0.300. The maximum absolute atomic E-state index is 13.2. The van der Waals surface area contributed by atoms with Gasteiger partial charge in [0.05, 0.1) is 11.9 Å². The number of rotatable bonds is 5. The van der Waals surface area contributed by atoms with Gasteiger partial charge < -0.3 is 4.42 Å². The van der Waals surface area contributed by atoms with Gasteiger partial charge in [-0.15, -0.1) is 0 Å². The lowest BCUT2D eigenvalue weighted by Crippen LogP contribution is -2.17. The average molecular weight is 300 g/mol. The number of nitrogens with zero attached hydrogens (tertiary/aromatic N) is 4. The Kier molecular flexibility index (Phi) is 4.02. The molecule has 0 saturated heterocycles. The second-order valence-corrected chi connectivity index (χ2v) is 5.35. The number of aromatic nitrogens is 3. The summed E-state index contributed by atoms with van der Waals surface area (Å²) in [6.45, 7) is 1.42. The fourth-order valence-electron chi connectivity index (χ4n) is 2.33. The van der Waals surface area contributed by atoms with E-state index in [0.717, 1.165) is 17.8 Å². The highest BCUT2D eigenvalue weighted by Gasteiger charge is 2.10.